The highest BCUT2D eigenvalue weighted by Gasteiger charge is 1.82. The predicted molar refractivity (Wildman–Crippen MR) is 61.8 cm³/mol. The molecule has 0 unspecified atom stereocenters. The van der Waals surface area contributed by atoms with Gasteiger partial charge in [-0.3, -0.25) is 5.84 Å². The maximum absolute atomic E-state index is 4.89. The zero-order valence-electron chi connectivity index (χ0n) is 9.78. The van der Waals surface area contributed by atoms with Crippen LogP contribution in [-0.4, -0.2) is 6.54 Å². The van der Waals surface area contributed by atoms with Crippen LogP contribution in [0.1, 0.15) is 6.92 Å². The van der Waals surface area contributed by atoms with Crippen LogP contribution in [0.4, 0.5) is 0 Å². The maximum Gasteiger partial charge on any atom is 0.00850 e. The largest absolute Gasteiger partial charge is 0.257 e. The van der Waals surface area contributed by atoms with E-state index in [1.54, 1.807) is 0 Å². The van der Waals surface area contributed by atoms with Crippen molar-refractivity contribution in [2.75, 3.05) is 6.54 Å². The summed E-state index contributed by atoms with van der Waals surface area (Å²) >= 11 is 0. The van der Waals surface area contributed by atoms with E-state index >= 15 is 0 Å². The van der Waals surface area contributed by atoms with Crippen molar-refractivity contribution in [3.05, 3.63) is 0 Å². The van der Waals surface area contributed by atoms with Crippen molar-refractivity contribution in [2.24, 2.45) is 5.84 Å². The average Bonchev–Trinajstić information content (AvgIpc) is 2.39. The third-order valence-electron chi connectivity index (χ3n) is 1.09. The van der Waals surface area contributed by atoms with Gasteiger partial charge in [0.2, 0.25) is 0 Å². The SMILES string of the molecule is CCNNNNNNNNNNNNNNNN. The van der Waals surface area contributed by atoms with Crippen LogP contribution in [-0.2, 0) is 0 Å². The fraction of sp³-hybridized carbons (Fsp3) is 1.00. The lowest BCUT2D eigenvalue weighted by Gasteiger charge is -2.14. The van der Waals surface area contributed by atoms with Crippen LogP contribution in [0.15, 0.2) is 0 Å². The van der Waals surface area contributed by atoms with Crippen LogP contribution in [0, 0.1) is 0 Å². The van der Waals surface area contributed by atoms with Crippen molar-refractivity contribution in [1.82, 2.24) is 82.9 Å². The van der Waals surface area contributed by atoms with E-state index in [9.17, 15) is 0 Å². The Morgan fingerprint density at radius 1 is 0.556 bits per heavy atom. The summed E-state index contributed by atoms with van der Waals surface area (Å²) in [6.45, 7) is 2.73. The van der Waals surface area contributed by atoms with E-state index in [2.05, 4.69) is 82.9 Å². The molecule has 0 aliphatic rings. The first-order valence-electron chi connectivity index (χ1n) is 4.85. The molecule has 0 saturated carbocycles. The molecule has 0 aliphatic carbocycles. The molecule has 0 amide bonds. The van der Waals surface area contributed by atoms with Gasteiger partial charge in [0, 0.05) is 6.54 Å². The molecule has 0 fully saturated rings. The number of nitrogens with one attached hydrogen (secondary N) is 15. The molecule has 16 nitrogen and oxygen atoms in total. The summed E-state index contributed by atoms with van der Waals surface area (Å²) in [6, 6.07) is 0. The van der Waals surface area contributed by atoms with E-state index in [4.69, 9.17) is 5.84 Å². The molecule has 0 aliphatic heterocycles. The summed E-state index contributed by atoms with van der Waals surface area (Å²) in [5.41, 5.74) is 37.4. The summed E-state index contributed by atoms with van der Waals surface area (Å²) in [5, 5.41) is 0. The van der Waals surface area contributed by atoms with Crippen molar-refractivity contribution in [3.63, 3.8) is 0 Å². The lowest BCUT2D eigenvalue weighted by molar-refractivity contribution is 0.205. The summed E-state index contributed by atoms with van der Waals surface area (Å²) in [7, 11) is 0. The van der Waals surface area contributed by atoms with Gasteiger partial charge in [0.15, 0.2) is 0 Å². The smallest absolute Gasteiger partial charge is 0.00850 e. The molecular weight excluding hydrogens is 248 g/mol. The fourth-order valence-corrected chi connectivity index (χ4v) is 0.512. The second-order valence-corrected chi connectivity index (χ2v) is 2.30. The normalized spacial score (nSPS) is 11.0. The Balaban J connectivity index is 2.86. The molecule has 0 aromatic heterocycles. The van der Waals surface area contributed by atoms with Gasteiger partial charge in [0.1, 0.15) is 0 Å². The minimum absolute atomic E-state index is 0.782. The molecule has 0 bridgehead atoms. The molecule has 17 N–H and O–H groups in total. The predicted octanol–water partition coefficient (Wildman–Crippen LogP) is -7.47. The Morgan fingerprint density at radius 2 is 0.889 bits per heavy atom. The van der Waals surface area contributed by atoms with Crippen molar-refractivity contribution >= 4 is 0 Å². The maximum atomic E-state index is 4.89. The minimum atomic E-state index is 0.782. The van der Waals surface area contributed by atoms with Gasteiger partial charge < -0.3 is 0 Å². The number of nitrogens with two attached hydrogens (primary N) is 1. The Kier molecular flexibility index (Phi) is 15.8. The quantitative estimate of drug-likeness (QED) is 0.0757. The van der Waals surface area contributed by atoms with Crippen LogP contribution in [0.2, 0.25) is 0 Å². The van der Waals surface area contributed by atoms with E-state index in [1.807, 2.05) is 6.92 Å². The lowest BCUT2D eigenvalue weighted by Crippen LogP contribution is -2.68. The zero-order valence-corrected chi connectivity index (χ0v) is 9.78. The first-order chi connectivity index (χ1) is 8.91. The highest BCUT2D eigenvalue weighted by atomic mass is 16.0. The zero-order chi connectivity index (χ0) is 13.3. The van der Waals surface area contributed by atoms with E-state index in [0.29, 0.717) is 0 Å². The number of rotatable bonds is 15. The lowest BCUT2D eigenvalue weighted by atomic mass is 10.8. The van der Waals surface area contributed by atoms with Gasteiger partial charge in [-0.25, -0.2) is 5.43 Å². The monoisotopic (exact) mass is 270 g/mol. The van der Waals surface area contributed by atoms with Crippen LogP contribution < -0.4 is 88.8 Å². The van der Waals surface area contributed by atoms with Crippen LogP contribution in [0.25, 0.3) is 0 Å². The van der Waals surface area contributed by atoms with Gasteiger partial charge in [-0.2, -0.15) is 77.5 Å². The second-order valence-electron chi connectivity index (χ2n) is 2.30. The molecule has 16 heteroatoms. The standard InChI is InChI=1S/C2H22N16/c1-2-4-6-8-10-12-14-16-18-17-15-13-11-9-7-5-3/h4-18H,2-3H2,1H3. The molecule has 18 heavy (non-hydrogen) atoms. The van der Waals surface area contributed by atoms with Crippen molar-refractivity contribution in [1.29, 1.82) is 0 Å². The van der Waals surface area contributed by atoms with Crippen molar-refractivity contribution in [3.8, 4) is 0 Å². The molecule has 0 heterocycles. The molecule has 0 aromatic carbocycles. The Labute approximate surface area is 103 Å². The van der Waals surface area contributed by atoms with Gasteiger partial charge in [-0.1, -0.05) is 6.92 Å². The van der Waals surface area contributed by atoms with Gasteiger partial charge >= 0.3 is 0 Å². The molecule has 0 saturated heterocycles. The van der Waals surface area contributed by atoms with Crippen LogP contribution >= 0.6 is 0 Å². The summed E-state index contributed by atoms with van der Waals surface area (Å²) in [4.78, 5) is 0. The van der Waals surface area contributed by atoms with Crippen molar-refractivity contribution < 1.29 is 0 Å². The molecule has 0 atom stereocenters. The summed E-state index contributed by atoms with van der Waals surface area (Å²) < 4.78 is 0. The minimum Gasteiger partial charge on any atom is -0.257 e. The van der Waals surface area contributed by atoms with Crippen LogP contribution in [0.5, 0.6) is 0 Å². The first kappa shape index (κ1) is 17.4. The molecule has 110 valence electrons. The second kappa shape index (κ2) is 16.4. The first-order valence-corrected chi connectivity index (χ1v) is 4.85. The topological polar surface area (TPSA) is 206 Å². The van der Waals surface area contributed by atoms with E-state index in [0.717, 1.165) is 6.54 Å². The molecule has 0 rings (SSSR count). The van der Waals surface area contributed by atoms with Gasteiger partial charge in [0.05, 0.1) is 0 Å². The Hall–Kier alpha value is -0.640. The average molecular weight is 270 g/mol. The third-order valence-corrected chi connectivity index (χ3v) is 1.09. The van der Waals surface area contributed by atoms with Crippen molar-refractivity contribution in [2.45, 2.75) is 6.92 Å². The van der Waals surface area contributed by atoms with E-state index in [1.165, 1.54) is 0 Å². The highest BCUT2D eigenvalue weighted by Crippen LogP contribution is 1.37. The van der Waals surface area contributed by atoms with E-state index in [-0.39, 0.29) is 0 Å². The number of hydrazine groups is 15. The fourth-order valence-electron chi connectivity index (χ4n) is 0.512. The van der Waals surface area contributed by atoms with Gasteiger partial charge in [-0.05, 0) is 0 Å². The van der Waals surface area contributed by atoms with Gasteiger partial charge in [0.25, 0.3) is 0 Å². The highest BCUT2D eigenvalue weighted by molar-refractivity contribution is 4.21. The third kappa shape index (κ3) is 15.4. The van der Waals surface area contributed by atoms with E-state index < -0.39 is 0 Å². The van der Waals surface area contributed by atoms with Gasteiger partial charge in [-0.15, -0.1) is 0 Å². The molecule has 0 radical (unpaired) electrons. The summed E-state index contributed by atoms with van der Waals surface area (Å²) in [5.74, 6) is 4.89. The Bertz CT molecular complexity index is 121. The molecule has 0 spiro atoms. The Morgan fingerprint density at radius 3 is 1.22 bits per heavy atom. The number of hydrogen-bond acceptors (Lipinski definition) is 16. The van der Waals surface area contributed by atoms with Crippen LogP contribution in [0.3, 0.4) is 0 Å². The number of hydrogen-bond donors (Lipinski definition) is 16. The summed E-state index contributed by atoms with van der Waals surface area (Å²) in [6.07, 6.45) is 0. The molecule has 0 aromatic rings. The molecular formula is C2H22N16.